The maximum atomic E-state index is 12.7. The van der Waals surface area contributed by atoms with E-state index in [0.29, 0.717) is 12.1 Å². The molecule has 5 nitrogen and oxygen atoms in total. The van der Waals surface area contributed by atoms with E-state index < -0.39 is 0 Å². The lowest BCUT2D eigenvalue weighted by Crippen LogP contribution is -2.41. The van der Waals surface area contributed by atoms with E-state index >= 15 is 0 Å². The zero-order valence-corrected chi connectivity index (χ0v) is 17.0. The predicted molar refractivity (Wildman–Crippen MR) is 114 cm³/mol. The Kier molecular flexibility index (Phi) is 5.95. The lowest BCUT2D eigenvalue weighted by atomic mass is 9.91. The van der Waals surface area contributed by atoms with Crippen molar-refractivity contribution in [3.8, 4) is 0 Å². The zero-order valence-electron chi connectivity index (χ0n) is 17.0. The molecule has 0 unspecified atom stereocenters. The van der Waals surface area contributed by atoms with Crippen molar-refractivity contribution in [2.45, 2.75) is 44.7 Å². The Morgan fingerprint density at radius 2 is 1.62 bits per heavy atom. The number of nitrogens with one attached hydrogen (secondary N) is 2. The lowest BCUT2D eigenvalue weighted by molar-refractivity contribution is 0.0946. The van der Waals surface area contributed by atoms with Crippen LogP contribution in [0.3, 0.4) is 0 Å². The van der Waals surface area contributed by atoms with Gasteiger partial charge in [0.1, 0.15) is 0 Å². The molecular weight excluding hydrogens is 362 g/mol. The molecule has 152 valence electrons. The summed E-state index contributed by atoms with van der Waals surface area (Å²) in [6.07, 6.45) is 6.15. The molecule has 0 spiro atoms. The van der Waals surface area contributed by atoms with Gasteiger partial charge in [-0.05, 0) is 66.6 Å². The van der Waals surface area contributed by atoms with E-state index in [2.05, 4.69) is 27.7 Å². The van der Waals surface area contributed by atoms with Crippen LogP contribution in [0.25, 0.3) is 0 Å². The zero-order chi connectivity index (χ0) is 20.2. The smallest absolute Gasteiger partial charge is 0.251 e. The van der Waals surface area contributed by atoms with Crippen LogP contribution in [0.2, 0.25) is 0 Å². The van der Waals surface area contributed by atoms with Crippen molar-refractivity contribution >= 4 is 11.8 Å². The first-order valence-corrected chi connectivity index (χ1v) is 10.6. The van der Waals surface area contributed by atoms with Crippen molar-refractivity contribution in [1.82, 2.24) is 15.5 Å². The average molecular weight is 392 g/mol. The molecule has 1 aliphatic heterocycles. The summed E-state index contributed by atoms with van der Waals surface area (Å²) in [4.78, 5) is 26.9. The second-order valence-electron chi connectivity index (χ2n) is 8.06. The second-order valence-corrected chi connectivity index (χ2v) is 8.06. The molecule has 1 saturated carbocycles. The van der Waals surface area contributed by atoms with E-state index in [1.54, 1.807) is 19.2 Å². The Hall–Kier alpha value is -2.66. The Morgan fingerprint density at radius 3 is 2.28 bits per heavy atom. The molecule has 1 aliphatic carbocycles. The average Bonchev–Trinajstić information content (AvgIpc) is 2.93. The second kappa shape index (κ2) is 8.78. The Bertz CT molecular complexity index is 887. The third-order valence-corrected chi connectivity index (χ3v) is 6.29. The molecule has 1 fully saturated rings. The molecule has 2 N–H and O–H groups in total. The minimum Gasteiger partial charge on any atom is -0.355 e. The van der Waals surface area contributed by atoms with E-state index in [1.165, 1.54) is 30.4 Å². The van der Waals surface area contributed by atoms with Gasteiger partial charge in [-0.25, -0.2) is 0 Å². The van der Waals surface area contributed by atoms with E-state index in [-0.39, 0.29) is 11.8 Å². The highest BCUT2D eigenvalue weighted by atomic mass is 16.2. The topological polar surface area (TPSA) is 61.4 Å². The van der Waals surface area contributed by atoms with E-state index in [9.17, 15) is 9.59 Å². The highest BCUT2D eigenvalue weighted by molar-refractivity contribution is 5.95. The van der Waals surface area contributed by atoms with Crippen molar-refractivity contribution < 1.29 is 9.59 Å². The molecule has 0 aromatic heterocycles. The third kappa shape index (κ3) is 4.51. The van der Waals surface area contributed by atoms with Crippen LogP contribution < -0.4 is 10.6 Å². The third-order valence-electron chi connectivity index (χ3n) is 6.29. The number of carbonyl (C=O) groups excluding carboxylic acids is 2. The summed E-state index contributed by atoms with van der Waals surface area (Å²) < 4.78 is 0. The molecule has 0 bridgehead atoms. The predicted octanol–water partition coefficient (Wildman–Crippen LogP) is 2.93. The van der Waals surface area contributed by atoms with Gasteiger partial charge < -0.3 is 10.6 Å². The van der Waals surface area contributed by atoms with Gasteiger partial charge in [-0.2, -0.15) is 0 Å². The molecule has 2 aliphatic rings. The van der Waals surface area contributed by atoms with Gasteiger partial charge in [0, 0.05) is 43.9 Å². The minimum absolute atomic E-state index is 0.0525. The van der Waals surface area contributed by atoms with E-state index in [4.69, 9.17) is 0 Å². The summed E-state index contributed by atoms with van der Waals surface area (Å²) >= 11 is 0. The van der Waals surface area contributed by atoms with Crippen molar-refractivity contribution in [3.63, 3.8) is 0 Å². The first-order chi connectivity index (χ1) is 14.1. The molecular formula is C24H29N3O2. The summed E-state index contributed by atoms with van der Waals surface area (Å²) in [5, 5.41) is 5.60. The number of hydrogen-bond acceptors (Lipinski definition) is 3. The van der Waals surface area contributed by atoms with E-state index in [0.717, 1.165) is 43.1 Å². The summed E-state index contributed by atoms with van der Waals surface area (Å²) in [7, 11) is 1.61. The molecule has 29 heavy (non-hydrogen) atoms. The van der Waals surface area contributed by atoms with Crippen molar-refractivity contribution in [3.05, 3.63) is 70.3 Å². The molecule has 1 heterocycles. The quantitative estimate of drug-likeness (QED) is 0.824. The fourth-order valence-electron chi connectivity index (χ4n) is 4.20. The van der Waals surface area contributed by atoms with Gasteiger partial charge in [-0.3, -0.25) is 14.5 Å². The largest absolute Gasteiger partial charge is 0.355 e. The number of nitrogens with zero attached hydrogens (tertiary/aromatic N) is 1. The van der Waals surface area contributed by atoms with Crippen LogP contribution in [-0.4, -0.2) is 42.9 Å². The lowest BCUT2D eigenvalue weighted by Gasteiger charge is -2.36. The standard InChI is InChI=1S/C24H29N3O2/c1-25-23(28)19-7-5-17(6-8-19)16-26-24(29)21-10-9-18-11-13-27(22-3-2-4-22)14-12-20(18)15-21/h5-10,15,22H,2-4,11-14,16H2,1H3,(H,25,28)(H,26,29). The molecule has 0 saturated heterocycles. The fourth-order valence-corrected chi connectivity index (χ4v) is 4.20. The summed E-state index contributed by atoms with van der Waals surface area (Å²) in [5.74, 6) is -0.162. The van der Waals surface area contributed by atoms with Crippen molar-refractivity contribution in [2.24, 2.45) is 0 Å². The van der Waals surface area contributed by atoms with Gasteiger partial charge in [-0.15, -0.1) is 0 Å². The van der Waals surface area contributed by atoms with Crippen LogP contribution in [-0.2, 0) is 19.4 Å². The molecule has 0 atom stereocenters. The Balaban J connectivity index is 1.36. The number of hydrogen-bond donors (Lipinski definition) is 2. The molecule has 2 amide bonds. The fraction of sp³-hybridized carbons (Fsp3) is 0.417. The molecule has 4 rings (SSSR count). The molecule has 2 aromatic carbocycles. The number of rotatable bonds is 5. The first-order valence-electron chi connectivity index (χ1n) is 10.6. The normalized spacial score (nSPS) is 17.0. The van der Waals surface area contributed by atoms with Crippen molar-refractivity contribution in [2.75, 3.05) is 20.1 Å². The van der Waals surface area contributed by atoms with Gasteiger partial charge in [0.25, 0.3) is 11.8 Å². The van der Waals surface area contributed by atoms with Crippen LogP contribution in [0.5, 0.6) is 0 Å². The van der Waals surface area contributed by atoms with Gasteiger partial charge in [0.15, 0.2) is 0 Å². The summed E-state index contributed by atoms with van der Waals surface area (Å²) in [6, 6.07) is 14.2. The molecule has 5 heteroatoms. The van der Waals surface area contributed by atoms with Gasteiger partial charge in [-0.1, -0.05) is 24.6 Å². The van der Waals surface area contributed by atoms with Gasteiger partial charge in [0.2, 0.25) is 0 Å². The molecule has 2 aromatic rings. The van der Waals surface area contributed by atoms with Crippen LogP contribution in [0.4, 0.5) is 0 Å². The Labute approximate surface area is 172 Å². The van der Waals surface area contributed by atoms with E-state index in [1.807, 2.05) is 18.2 Å². The first kappa shape index (κ1) is 19.6. The molecule has 0 radical (unpaired) electrons. The Morgan fingerprint density at radius 1 is 0.931 bits per heavy atom. The number of amides is 2. The van der Waals surface area contributed by atoms with Crippen LogP contribution in [0.1, 0.15) is 56.7 Å². The maximum Gasteiger partial charge on any atom is 0.251 e. The highest BCUT2D eigenvalue weighted by Gasteiger charge is 2.26. The summed E-state index contributed by atoms with van der Waals surface area (Å²) in [6.45, 7) is 2.68. The van der Waals surface area contributed by atoms with Gasteiger partial charge >= 0.3 is 0 Å². The summed E-state index contributed by atoms with van der Waals surface area (Å²) in [5.41, 5.74) is 5.01. The van der Waals surface area contributed by atoms with Crippen LogP contribution in [0.15, 0.2) is 42.5 Å². The van der Waals surface area contributed by atoms with Crippen LogP contribution >= 0.6 is 0 Å². The van der Waals surface area contributed by atoms with Gasteiger partial charge in [0.05, 0.1) is 0 Å². The SMILES string of the molecule is CNC(=O)c1ccc(CNC(=O)c2ccc3c(c2)CCN(C2CCC2)CC3)cc1. The van der Waals surface area contributed by atoms with Crippen LogP contribution in [0, 0.1) is 0 Å². The number of carbonyl (C=O) groups is 2. The van der Waals surface area contributed by atoms with Crippen molar-refractivity contribution in [1.29, 1.82) is 0 Å². The number of benzene rings is 2. The highest BCUT2D eigenvalue weighted by Crippen LogP contribution is 2.27. The monoisotopic (exact) mass is 391 g/mol. The maximum absolute atomic E-state index is 12.7. The number of fused-ring (bicyclic) bond motifs is 1. The minimum atomic E-state index is -0.110.